The normalized spacial score (nSPS) is 13.2. The van der Waals surface area contributed by atoms with Gasteiger partial charge >= 0.3 is 0 Å². The van der Waals surface area contributed by atoms with Crippen LogP contribution in [0.1, 0.15) is 18.7 Å². The first kappa shape index (κ1) is 13.5. The van der Waals surface area contributed by atoms with Crippen molar-refractivity contribution in [2.24, 2.45) is 0 Å². The highest BCUT2D eigenvalue weighted by Crippen LogP contribution is 2.17. The molecule has 3 rings (SSSR count). The predicted molar refractivity (Wildman–Crippen MR) is 75.1 cm³/mol. The largest absolute Gasteiger partial charge is 0.282 e. The number of rotatable bonds is 4. The van der Waals surface area contributed by atoms with Crippen LogP contribution in [0.3, 0.4) is 0 Å². The molecule has 3 aromatic rings. The van der Waals surface area contributed by atoms with Crippen molar-refractivity contribution in [1.29, 1.82) is 0 Å². The molecule has 0 aliphatic heterocycles. The van der Waals surface area contributed by atoms with Crippen molar-refractivity contribution < 1.29 is 8.42 Å². The van der Waals surface area contributed by atoms with E-state index in [4.69, 9.17) is 0 Å². The molecule has 1 aromatic carbocycles. The molecule has 0 saturated heterocycles. The van der Waals surface area contributed by atoms with E-state index in [1.165, 1.54) is 24.7 Å². The number of nitrogens with zero attached hydrogens (tertiary/aromatic N) is 5. The van der Waals surface area contributed by atoms with Gasteiger partial charge in [0.15, 0.2) is 0 Å². The topological polar surface area (TPSA) is 82.7 Å². The smallest absolute Gasteiger partial charge is 0.244 e. The minimum Gasteiger partial charge on any atom is -0.244 e. The van der Waals surface area contributed by atoms with Crippen molar-refractivity contribution in [3.05, 3.63) is 60.9 Å². The molecule has 0 spiro atoms. The molecule has 8 heteroatoms. The average Bonchev–Trinajstić information content (AvgIpc) is 3.19. The standard InChI is InChI=1S/C13H13N5O2S/c1-11(17-10-14-9-15-17)13-7-8-18(16-13)21(19,20)12-5-3-2-4-6-12/h2-11H,1H3. The number of hydrogen-bond acceptors (Lipinski definition) is 5. The summed E-state index contributed by atoms with van der Waals surface area (Å²) in [6.45, 7) is 1.87. The molecule has 2 heterocycles. The Morgan fingerprint density at radius 1 is 1.14 bits per heavy atom. The first-order valence-electron chi connectivity index (χ1n) is 6.29. The van der Waals surface area contributed by atoms with Crippen LogP contribution < -0.4 is 0 Å². The maximum absolute atomic E-state index is 12.4. The van der Waals surface area contributed by atoms with Crippen LogP contribution in [0.2, 0.25) is 0 Å². The number of aromatic nitrogens is 5. The Hall–Kier alpha value is -2.48. The van der Waals surface area contributed by atoms with Crippen LogP contribution in [0, 0.1) is 0 Å². The fraction of sp³-hybridized carbons (Fsp3) is 0.154. The highest BCUT2D eigenvalue weighted by Gasteiger charge is 2.20. The van der Waals surface area contributed by atoms with Crippen LogP contribution in [-0.4, -0.2) is 32.4 Å². The quantitative estimate of drug-likeness (QED) is 0.726. The lowest BCUT2D eigenvalue weighted by molar-refractivity contribution is 0.541. The van der Waals surface area contributed by atoms with Gasteiger partial charge in [0.2, 0.25) is 0 Å². The lowest BCUT2D eigenvalue weighted by Gasteiger charge is -2.08. The van der Waals surface area contributed by atoms with Crippen LogP contribution in [0.15, 0.2) is 60.1 Å². The van der Waals surface area contributed by atoms with Crippen LogP contribution >= 0.6 is 0 Å². The Balaban J connectivity index is 1.95. The SMILES string of the molecule is CC(c1ccn(S(=O)(=O)c2ccccc2)n1)n1cncn1. The molecule has 21 heavy (non-hydrogen) atoms. The van der Waals surface area contributed by atoms with Gasteiger partial charge in [-0.05, 0) is 25.1 Å². The zero-order valence-electron chi connectivity index (χ0n) is 11.2. The molecular formula is C13H13N5O2S. The Bertz CT molecular complexity index is 825. The van der Waals surface area contributed by atoms with E-state index in [0.717, 1.165) is 4.09 Å². The third kappa shape index (κ3) is 2.45. The summed E-state index contributed by atoms with van der Waals surface area (Å²) in [6.07, 6.45) is 4.43. The van der Waals surface area contributed by atoms with Gasteiger partial charge < -0.3 is 0 Å². The molecule has 0 aliphatic carbocycles. The molecule has 1 unspecified atom stereocenters. The van der Waals surface area contributed by atoms with Crippen molar-refractivity contribution in [3.63, 3.8) is 0 Å². The van der Waals surface area contributed by atoms with Gasteiger partial charge in [-0.3, -0.25) is 0 Å². The third-order valence-electron chi connectivity index (χ3n) is 3.14. The highest BCUT2D eigenvalue weighted by molar-refractivity contribution is 7.89. The van der Waals surface area contributed by atoms with Crippen molar-refractivity contribution >= 4 is 10.0 Å². The molecule has 0 bridgehead atoms. The Labute approximate surface area is 121 Å². The average molecular weight is 303 g/mol. The van der Waals surface area contributed by atoms with E-state index in [0.29, 0.717) is 5.69 Å². The van der Waals surface area contributed by atoms with E-state index in [1.54, 1.807) is 35.3 Å². The summed E-state index contributed by atoms with van der Waals surface area (Å²) >= 11 is 0. The van der Waals surface area contributed by atoms with Gasteiger partial charge in [-0.25, -0.2) is 9.67 Å². The maximum Gasteiger partial charge on any atom is 0.282 e. The molecular weight excluding hydrogens is 290 g/mol. The number of benzene rings is 1. The van der Waals surface area contributed by atoms with E-state index in [2.05, 4.69) is 15.2 Å². The number of hydrogen-bond donors (Lipinski definition) is 0. The molecule has 0 N–H and O–H groups in total. The second-order valence-electron chi connectivity index (χ2n) is 4.48. The Kier molecular flexibility index (Phi) is 3.30. The van der Waals surface area contributed by atoms with Crippen LogP contribution in [0.4, 0.5) is 0 Å². The van der Waals surface area contributed by atoms with Gasteiger partial charge in [0.1, 0.15) is 12.7 Å². The Morgan fingerprint density at radius 2 is 1.90 bits per heavy atom. The van der Waals surface area contributed by atoms with E-state index in [9.17, 15) is 8.42 Å². The van der Waals surface area contributed by atoms with Crippen molar-refractivity contribution in [2.45, 2.75) is 17.9 Å². The fourth-order valence-corrected chi connectivity index (χ4v) is 3.07. The molecule has 7 nitrogen and oxygen atoms in total. The predicted octanol–water partition coefficient (Wildman–Crippen LogP) is 1.32. The van der Waals surface area contributed by atoms with Gasteiger partial charge in [-0.1, -0.05) is 18.2 Å². The Morgan fingerprint density at radius 3 is 2.57 bits per heavy atom. The van der Waals surface area contributed by atoms with Gasteiger partial charge in [-0.2, -0.15) is 22.7 Å². The molecule has 0 amide bonds. The summed E-state index contributed by atoms with van der Waals surface area (Å²) in [5, 5.41) is 8.18. The summed E-state index contributed by atoms with van der Waals surface area (Å²) in [6, 6.07) is 9.66. The third-order valence-corrected chi connectivity index (χ3v) is 4.70. The molecule has 2 aromatic heterocycles. The van der Waals surface area contributed by atoms with Crippen molar-refractivity contribution in [2.75, 3.05) is 0 Å². The van der Waals surface area contributed by atoms with Gasteiger partial charge in [0, 0.05) is 6.20 Å². The molecule has 0 radical (unpaired) electrons. The van der Waals surface area contributed by atoms with E-state index in [1.807, 2.05) is 6.92 Å². The van der Waals surface area contributed by atoms with E-state index in [-0.39, 0.29) is 10.9 Å². The zero-order valence-corrected chi connectivity index (χ0v) is 12.1. The van der Waals surface area contributed by atoms with Gasteiger partial charge in [0.05, 0.1) is 16.6 Å². The maximum atomic E-state index is 12.4. The van der Waals surface area contributed by atoms with Crippen molar-refractivity contribution in [3.8, 4) is 0 Å². The van der Waals surface area contributed by atoms with Crippen LogP contribution in [0.25, 0.3) is 0 Å². The summed E-state index contributed by atoms with van der Waals surface area (Å²) in [4.78, 5) is 4.07. The molecule has 1 atom stereocenters. The summed E-state index contributed by atoms with van der Waals surface area (Å²) in [5.74, 6) is 0. The van der Waals surface area contributed by atoms with E-state index < -0.39 is 10.0 Å². The lowest BCUT2D eigenvalue weighted by Crippen LogP contribution is -2.15. The first-order valence-corrected chi connectivity index (χ1v) is 7.73. The van der Waals surface area contributed by atoms with Crippen molar-refractivity contribution in [1.82, 2.24) is 24.0 Å². The van der Waals surface area contributed by atoms with Crippen LogP contribution in [0.5, 0.6) is 0 Å². The molecule has 0 saturated carbocycles. The highest BCUT2D eigenvalue weighted by atomic mass is 32.2. The van der Waals surface area contributed by atoms with Gasteiger partial charge in [-0.15, -0.1) is 0 Å². The monoisotopic (exact) mass is 303 g/mol. The minimum atomic E-state index is -3.66. The first-order chi connectivity index (χ1) is 10.1. The second kappa shape index (κ2) is 5.13. The molecule has 0 fully saturated rings. The van der Waals surface area contributed by atoms with Crippen LogP contribution in [-0.2, 0) is 10.0 Å². The molecule has 0 aliphatic rings. The van der Waals surface area contributed by atoms with E-state index >= 15 is 0 Å². The second-order valence-corrected chi connectivity index (χ2v) is 6.28. The summed E-state index contributed by atoms with van der Waals surface area (Å²) in [7, 11) is -3.66. The summed E-state index contributed by atoms with van der Waals surface area (Å²) in [5.41, 5.74) is 0.597. The van der Waals surface area contributed by atoms with Gasteiger partial charge in [0.25, 0.3) is 10.0 Å². The summed E-state index contributed by atoms with van der Waals surface area (Å²) < 4.78 is 27.4. The fourth-order valence-electron chi connectivity index (χ4n) is 1.93. The molecule has 108 valence electrons. The zero-order chi connectivity index (χ0) is 14.9. The lowest BCUT2D eigenvalue weighted by atomic mass is 10.2. The minimum absolute atomic E-state index is 0.195.